The second kappa shape index (κ2) is 11.2. The minimum atomic E-state index is -1.14. The summed E-state index contributed by atoms with van der Waals surface area (Å²) in [5.41, 5.74) is 4.47. The fourth-order valence-corrected chi connectivity index (χ4v) is 3.75. The van der Waals surface area contributed by atoms with E-state index >= 15 is 0 Å². The molecule has 33 heavy (non-hydrogen) atoms. The quantitative estimate of drug-likeness (QED) is 0.185. The monoisotopic (exact) mass is 526 g/mol. The van der Waals surface area contributed by atoms with E-state index in [1.165, 1.54) is 0 Å². The zero-order valence-electron chi connectivity index (χ0n) is 18.5. The van der Waals surface area contributed by atoms with Gasteiger partial charge in [-0.3, -0.25) is 0 Å². The van der Waals surface area contributed by atoms with Gasteiger partial charge in [0.05, 0.1) is 26.9 Å². The number of carboxylic acid groups (broad SMARTS) is 1. The predicted molar refractivity (Wildman–Crippen MR) is 138 cm³/mol. The summed E-state index contributed by atoms with van der Waals surface area (Å²) >= 11 is 6.57. The predicted octanol–water partition coefficient (Wildman–Crippen LogP) is 5.76. The normalized spacial score (nSPS) is 10.1. The number of carboxylic acids is 1. The van der Waals surface area contributed by atoms with Gasteiger partial charge in [-0.25, -0.2) is 14.8 Å². The van der Waals surface area contributed by atoms with Gasteiger partial charge in [-0.2, -0.15) is 0 Å². The van der Waals surface area contributed by atoms with Crippen LogP contribution in [0.5, 0.6) is 11.5 Å². The van der Waals surface area contributed by atoms with Gasteiger partial charge < -0.3 is 15.3 Å². The zero-order valence-corrected chi connectivity index (χ0v) is 20.9. The summed E-state index contributed by atoms with van der Waals surface area (Å²) < 4.78 is 3.42. The van der Waals surface area contributed by atoms with E-state index in [-0.39, 0.29) is 17.1 Å². The molecular formula is C23H22BBrN3O4S. The van der Waals surface area contributed by atoms with Crippen molar-refractivity contribution in [2.24, 2.45) is 4.30 Å². The molecule has 0 fully saturated rings. The molecule has 0 saturated heterocycles. The summed E-state index contributed by atoms with van der Waals surface area (Å²) in [4.78, 5) is 19.6. The molecule has 169 valence electrons. The van der Waals surface area contributed by atoms with Gasteiger partial charge in [-0.05, 0) is 67.9 Å². The Hall–Kier alpha value is -2.98. The van der Waals surface area contributed by atoms with Crippen LogP contribution in [0.15, 0.2) is 45.2 Å². The topological polar surface area (TPSA) is 116 Å². The van der Waals surface area contributed by atoms with Gasteiger partial charge in [0.1, 0.15) is 5.56 Å². The maximum atomic E-state index is 11.1. The molecule has 1 radical (unpaired) electrons. The van der Waals surface area contributed by atoms with E-state index in [0.29, 0.717) is 22.3 Å². The van der Waals surface area contributed by atoms with Crippen LogP contribution in [-0.4, -0.2) is 38.9 Å². The number of halogens is 1. The van der Waals surface area contributed by atoms with E-state index in [0.717, 1.165) is 26.5 Å². The van der Waals surface area contributed by atoms with E-state index in [1.807, 2.05) is 38.1 Å². The van der Waals surface area contributed by atoms with Crippen LogP contribution in [0.2, 0.25) is 0 Å². The molecular weight excluding hydrogens is 505 g/mol. The third-order valence-electron chi connectivity index (χ3n) is 4.73. The standard InChI is InChI=1S/C12H11NO3.C11H10BrNO.BHNS/c1-6-3-4-9-8(5-6)10(12(15)16)11(14)7(2)13-9;1-6-3-4-9-8(5-6)10(12)11(14)7(2)13-9;1-2-3/h3-5,14H,1-2H3,(H,15,16);3-5,14H,1-2H3;3H. The summed E-state index contributed by atoms with van der Waals surface area (Å²) in [6.07, 6.45) is 0. The number of fused-ring (bicyclic) bond motifs is 2. The van der Waals surface area contributed by atoms with Gasteiger partial charge in [0, 0.05) is 10.8 Å². The molecule has 0 amide bonds. The fraction of sp³-hybridized carbons (Fsp3) is 0.174. The second-order valence-corrected chi connectivity index (χ2v) is 8.27. The van der Waals surface area contributed by atoms with Crippen LogP contribution in [-0.2, 0) is 0 Å². The molecule has 0 aliphatic rings. The molecule has 0 aliphatic heterocycles. The average Bonchev–Trinajstić information content (AvgIpc) is 2.75. The number of nitrogens with zero attached hydrogens (tertiary/aromatic N) is 3. The van der Waals surface area contributed by atoms with Crippen molar-refractivity contribution in [2.75, 3.05) is 0 Å². The van der Waals surface area contributed by atoms with E-state index in [9.17, 15) is 15.0 Å². The molecule has 0 bridgehead atoms. The van der Waals surface area contributed by atoms with Gasteiger partial charge in [0.25, 0.3) is 0 Å². The van der Waals surface area contributed by atoms with Crippen LogP contribution < -0.4 is 0 Å². The summed E-state index contributed by atoms with van der Waals surface area (Å²) in [7, 11) is 4.34. The molecule has 0 saturated carbocycles. The first-order valence-electron chi connectivity index (χ1n) is 9.64. The molecule has 0 spiro atoms. The zero-order chi connectivity index (χ0) is 24.9. The number of aromatic nitrogens is 2. The maximum absolute atomic E-state index is 11.1. The molecule has 2 aromatic heterocycles. The molecule has 10 heteroatoms. The third-order valence-corrected chi connectivity index (χ3v) is 5.53. The molecule has 4 aromatic rings. The van der Waals surface area contributed by atoms with Crippen molar-refractivity contribution in [2.45, 2.75) is 27.7 Å². The number of aromatic carboxylic acids is 1. The van der Waals surface area contributed by atoms with Crippen molar-refractivity contribution in [1.82, 2.24) is 9.97 Å². The van der Waals surface area contributed by atoms with E-state index < -0.39 is 5.97 Å². The van der Waals surface area contributed by atoms with E-state index in [1.54, 1.807) is 26.0 Å². The number of aryl methyl sites for hydroxylation is 4. The van der Waals surface area contributed by atoms with Gasteiger partial charge in [-0.1, -0.05) is 23.3 Å². The second-order valence-electron chi connectivity index (χ2n) is 7.24. The molecule has 0 unspecified atom stereocenters. The number of thiol groups is 1. The number of pyridine rings is 2. The SMILES string of the molecule is Cc1ccc2nc(C)c(O)c(Br)c2c1.Cc1ccc2nc(C)c(O)c(C(=O)O)c2c1.[B]=NS. The number of benzene rings is 2. The first-order valence-corrected chi connectivity index (χ1v) is 10.8. The molecule has 0 atom stereocenters. The van der Waals surface area contributed by atoms with Gasteiger partial charge >= 0.3 is 30.7 Å². The number of rotatable bonds is 1. The first-order chi connectivity index (χ1) is 15.5. The van der Waals surface area contributed by atoms with E-state index in [2.05, 4.69) is 50.7 Å². The fourth-order valence-electron chi connectivity index (χ4n) is 3.15. The Balaban J connectivity index is 0.000000210. The van der Waals surface area contributed by atoms with Crippen molar-refractivity contribution < 1.29 is 20.1 Å². The number of carbonyl (C=O) groups is 1. The van der Waals surface area contributed by atoms with Crippen LogP contribution in [0.1, 0.15) is 32.9 Å². The summed E-state index contributed by atoms with van der Waals surface area (Å²) in [6, 6.07) is 11.3. The minimum absolute atomic E-state index is 0.0776. The van der Waals surface area contributed by atoms with E-state index in [4.69, 9.17) is 5.11 Å². The first kappa shape index (κ1) is 26.3. The van der Waals surface area contributed by atoms with Gasteiger partial charge in [0.15, 0.2) is 11.5 Å². The number of aromatic hydroxyl groups is 2. The van der Waals surface area contributed by atoms with Crippen molar-refractivity contribution in [1.29, 1.82) is 0 Å². The van der Waals surface area contributed by atoms with Crippen molar-refractivity contribution in [3.05, 3.63) is 68.9 Å². The summed E-state index contributed by atoms with van der Waals surface area (Å²) in [5, 5.41) is 29.9. The van der Waals surface area contributed by atoms with Crippen LogP contribution in [0, 0.1) is 27.7 Å². The number of hydrogen-bond donors (Lipinski definition) is 4. The van der Waals surface area contributed by atoms with Crippen molar-refractivity contribution >= 4 is 64.2 Å². The molecule has 3 N–H and O–H groups in total. The van der Waals surface area contributed by atoms with Crippen LogP contribution in [0.4, 0.5) is 0 Å². The molecule has 7 nitrogen and oxygen atoms in total. The van der Waals surface area contributed by atoms with Crippen LogP contribution >= 0.6 is 28.7 Å². The summed E-state index contributed by atoms with van der Waals surface area (Å²) in [5.74, 6) is -1.17. The van der Waals surface area contributed by atoms with Crippen molar-refractivity contribution in [3.63, 3.8) is 0 Å². The third kappa shape index (κ3) is 6.08. The Morgan fingerprint density at radius 2 is 1.33 bits per heavy atom. The average molecular weight is 527 g/mol. The van der Waals surface area contributed by atoms with Crippen molar-refractivity contribution in [3.8, 4) is 11.5 Å². The Bertz CT molecular complexity index is 1370. The number of hydrogen-bond acceptors (Lipinski definition) is 7. The molecule has 4 rings (SSSR count). The van der Waals surface area contributed by atoms with Crippen LogP contribution in [0.25, 0.3) is 21.8 Å². The Morgan fingerprint density at radius 1 is 0.909 bits per heavy atom. The van der Waals surface area contributed by atoms with Gasteiger partial charge in [0.2, 0.25) is 0 Å². The Labute approximate surface area is 206 Å². The molecule has 2 heterocycles. The Morgan fingerprint density at radius 3 is 1.82 bits per heavy atom. The Kier molecular flexibility index (Phi) is 8.95. The summed E-state index contributed by atoms with van der Waals surface area (Å²) in [6.45, 7) is 7.26. The van der Waals surface area contributed by atoms with Crippen LogP contribution in [0.3, 0.4) is 0 Å². The molecule has 2 aromatic carbocycles. The van der Waals surface area contributed by atoms with Gasteiger partial charge in [-0.15, -0.1) is 0 Å². The molecule has 0 aliphatic carbocycles.